The van der Waals surface area contributed by atoms with E-state index in [9.17, 15) is 0 Å². The Balaban J connectivity index is 1.13. The minimum absolute atomic E-state index is 0.865. The summed E-state index contributed by atoms with van der Waals surface area (Å²) < 4.78 is 11.7. The van der Waals surface area contributed by atoms with Gasteiger partial charge in [0, 0.05) is 58.7 Å². The van der Waals surface area contributed by atoms with E-state index in [0.29, 0.717) is 0 Å². The Bertz CT molecular complexity index is 3440. The van der Waals surface area contributed by atoms with Crippen molar-refractivity contribution in [2.24, 2.45) is 0 Å². The second-order valence-electron chi connectivity index (χ2n) is 14.4. The lowest BCUT2D eigenvalue weighted by Gasteiger charge is -2.29. The number of rotatable bonds is 5. The van der Waals surface area contributed by atoms with Gasteiger partial charge in [-0.05, 0) is 83.7 Å². The van der Waals surface area contributed by atoms with E-state index in [1.807, 2.05) is 11.3 Å². The third-order valence-electron chi connectivity index (χ3n) is 11.4. The maximum atomic E-state index is 6.76. The molecule has 0 aliphatic rings. The summed E-state index contributed by atoms with van der Waals surface area (Å²) in [4.78, 5) is 2.44. The maximum Gasteiger partial charge on any atom is 0.143 e. The molecule has 4 heteroatoms. The van der Waals surface area contributed by atoms with Gasteiger partial charge in [-0.15, -0.1) is 11.3 Å². The third kappa shape index (κ3) is 4.57. The molecule has 0 aliphatic heterocycles. The zero-order chi connectivity index (χ0) is 36.7. The number of fused-ring (bicyclic) bond motifs is 11. The summed E-state index contributed by atoms with van der Waals surface area (Å²) in [7, 11) is 0. The number of aromatic nitrogens is 1. The van der Waals surface area contributed by atoms with Crippen molar-refractivity contribution in [3.8, 4) is 16.8 Å². The molecule has 9 aromatic carbocycles. The van der Waals surface area contributed by atoms with Gasteiger partial charge in [0.15, 0.2) is 0 Å². The van der Waals surface area contributed by atoms with Gasteiger partial charge in [0.1, 0.15) is 11.2 Å². The van der Waals surface area contributed by atoms with Crippen LogP contribution in [0.25, 0.3) is 91.5 Å². The lowest BCUT2D eigenvalue weighted by Crippen LogP contribution is -2.12. The van der Waals surface area contributed by atoms with Gasteiger partial charge in [-0.2, -0.15) is 0 Å². The first-order valence-electron chi connectivity index (χ1n) is 19.0. The fourth-order valence-electron chi connectivity index (χ4n) is 8.98. The van der Waals surface area contributed by atoms with E-state index in [1.54, 1.807) is 0 Å². The lowest BCUT2D eigenvalue weighted by molar-refractivity contribution is 0.672. The minimum Gasteiger partial charge on any atom is -0.455 e. The van der Waals surface area contributed by atoms with Crippen LogP contribution in [0, 0.1) is 0 Å². The van der Waals surface area contributed by atoms with Crippen molar-refractivity contribution in [1.29, 1.82) is 0 Å². The summed E-state index contributed by atoms with van der Waals surface area (Å²) in [6.07, 6.45) is 0. The van der Waals surface area contributed by atoms with Crippen LogP contribution in [-0.2, 0) is 0 Å². The molecule has 0 N–H and O–H groups in total. The van der Waals surface area contributed by atoms with Gasteiger partial charge in [-0.25, -0.2) is 0 Å². The van der Waals surface area contributed by atoms with Crippen molar-refractivity contribution in [2.45, 2.75) is 0 Å². The van der Waals surface area contributed by atoms with Crippen LogP contribution in [0.1, 0.15) is 0 Å². The predicted molar refractivity (Wildman–Crippen MR) is 239 cm³/mol. The van der Waals surface area contributed by atoms with Crippen molar-refractivity contribution >= 4 is 103 Å². The standard InChI is InChI=1S/C52H32N2OS/c1-2-14-36-33(13-1)27-32-42-51-46(23-12-24-47(51)55-52(36)42)54(35-30-28-34(29-31-35)53-43-20-7-3-15-37(43)38-16-4-8-21-44(38)53)45-22-9-5-17-39(45)40-19-11-26-49-50(40)41-18-6-10-25-48(41)56-49/h1-32H. The Morgan fingerprint density at radius 3 is 1.86 bits per heavy atom. The van der Waals surface area contributed by atoms with Gasteiger partial charge in [-0.3, -0.25) is 0 Å². The van der Waals surface area contributed by atoms with Crippen LogP contribution in [0.4, 0.5) is 17.1 Å². The summed E-state index contributed by atoms with van der Waals surface area (Å²) >= 11 is 1.86. The number of hydrogen-bond donors (Lipinski definition) is 0. The second kappa shape index (κ2) is 12.2. The van der Waals surface area contributed by atoms with Crippen molar-refractivity contribution < 1.29 is 4.42 Å². The van der Waals surface area contributed by atoms with Gasteiger partial charge in [-0.1, -0.05) is 121 Å². The first-order chi connectivity index (χ1) is 27.8. The highest BCUT2D eigenvalue weighted by Crippen LogP contribution is 2.49. The molecule has 3 nitrogen and oxygen atoms in total. The van der Waals surface area contributed by atoms with Crippen LogP contribution in [0.3, 0.4) is 0 Å². The lowest BCUT2D eigenvalue weighted by atomic mass is 9.96. The van der Waals surface area contributed by atoms with Crippen LogP contribution in [0.5, 0.6) is 0 Å². The van der Waals surface area contributed by atoms with Crippen LogP contribution in [0.2, 0.25) is 0 Å². The topological polar surface area (TPSA) is 21.3 Å². The van der Waals surface area contributed by atoms with E-state index in [2.05, 4.69) is 204 Å². The number of benzene rings is 9. The molecule has 262 valence electrons. The van der Waals surface area contributed by atoms with Crippen LogP contribution in [0.15, 0.2) is 199 Å². The van der Waals surface area contributed by atoms with Gasteiger partial charge >= 0.3 is 0 Å². The number of para-hydroxylation sites is 3. The van der Waals surface area contributed by atoms with Crippen LogP contribution < -0.4 is 4.90 Å². The Morgan fingerprint density at radius 1 is 0.411 bits per heavy atom. The molecule has 0 aliphatic carbocycles. The van der Waals surface area contributed by atoms with Gasteiger partial charge in [0.05, 0.1) is 27.8 Å². The van der Waals surface area contributed by atoms with Gasteiger partial charge in [0.25, 0.3) is 0 Å². The zero-order valence-corrected chi connectivity index (χ0v) is 31.0. The highest BCUT2D eigenvalue weighted by Gasteiger charge is 2.24. The first-order valence-corrected chi connectivity index (χ1v) is 19.8. The molecule has 0 amide bonds. The van der Waals surface area contributed by atoms with Gasteiger partial charge < -0.3 is 13.9 Å². The number of thiophene rings is 1. The first kappa shape index (κ1) is 31.2. The summed E-state index contributed by atoms with van der Waals surface area (Å²) in [5.74, 6) is 0. The smallest absolute Gasteiger partial charge is 0.143 e. The molecule has 0 spiro atoms. The highest BCUT2D eigenvalue weighted by molar-refractivity contribution is 7.25. The average molecular weight is 733 g/mol. The number of anilines is 3. The fraction of sp³-hybridized carbons (Fsp3) is 0. The molecule has 0 fully saturated rings. The minimum atomic E-state index is 0.865. The molecule has 3 aromatic heterocycles. The van der Waals surface area contributed by atoms with Crippen molar-refractivity contribution in [2.75, 3.05) is 4.90 Å². The molecular formula is C52H32N2OS. The Hall–Kier alpha value is -7.14. The van der Waals surface area contributed by atoms with E-state index in [4.69, 9.17) is 4.42 Å². The van der Waals surface area contributed by atoms with E-state index < -0.39 is 0 Å². The highest BCUT2D eigenvalue weighted by atomic mass is 32.1. The monoisotopic (exact) mass is 732 g/mol. The Morgan fingerprint density at radius 2 is 1.04 bits per heavy atom. The quantitative estimate of drug-likeness (QED) is 0.176. The van der Waals surface area contributed by atoms with Gasteiger partial charge in [0.2, 0.25) is 0 Å². The molecule has 0 bridgehead atoms. The van der Waals surface area contributed by atoms with E-state index in [0.717, 1.165) is 50.1 Å². The normalized spacial score (nSPS) is 11.9. The molecule has 0 unspecified atom stereocenters. The SMILES string of the molecule is c1ccc(N(c2ccc(-n3c4ccccc4c4ccccc43)cc2)c2cccc3oc4c5ccccc5ccc4c23)c(-c2cccc3sc4ccccc4c23)c1. The van der Waals surface area contributed by atoms with Crippen molar-refractivity contribution in [3.05, 3.63) is 194 Å². The molecule has 0 saturated carbocycles. The summed E-state index contributed by atoms with van der Waals surface area (Å²) in [6, 6.07) is 70.2. The van der Waals surface area contributed by atoms with Crippen LogP contribution >= 0.6 is 11.3 Å². The summed E-state index contributed by atoms with van der Waals surface area (Å²) in [5, 5.41) is 9.56. The van der Waals surface area contributed by atoms with E-state index in [1.165, 1.54) is 58.5 Å². The maximum absolute atomic E-state index is 6.76. The summed E-state index contributed by atoms with van der Waals surface area (Å²) in [5.41, 5.74) is 10.9. The second-order valence-corrected chi connectivity index (χ2v) is 15.5. The fourth-order valence-corrected chi connectivity index (χ4v) is 10.1. The largest absolute Gasteiger partial charge is 0.455 e. The van der Waals surface area contributed by atoms with E-state index in [-0.39, 0.29) is 0 Å². The molecule has 0 radical (unpaired) electrons. The average Bonchev–Trinajstić information content (AvgIpc) is 3.95. The van der Waals surface area contributed by atoms with E-state index >= 15 is 0 Å². The predicted octanol–water partition coefficient (Wildman–Crippen LogP) is 15.3. The van der Waals surface area contributed by atoms with Crippen LogP contribution in [-0.4, -0.2) is 4.57 Å². The molecule has 0 atom stereocenters. The molecule has 0 saturated heterocycles. The molecule has 12 rings (SSSR count). The Kier molecular flexibility index (Phi) is 6.80. The zero-order valence-electron chi connectivity index (χ0n) is 30.2. The number of furan rings is 1. The molecule has 12 aromatic rings. The van der Waals surface area contributed by atoms with Crippen molar-refractivity contribution in [3.63, 3.8) is 0 Å². The third-order valence-corrected chi connectivity index (χ3v) is 12.5. The molecule has 56 heavy (non-hydrogen) atoms. The molecule has 3 heterocycles. The van der Waals surface area contributed by atoms with Crippen molar-refractivity contribution in [1.82, 2.24) is 4.57 Å². The number of hydrogen-bond acceptors (Lipinski definition) is 3. The molecular weight excluding hydrogens is 701 g/mol. The Labute approximate surface area is 326 Å². The summed E-state index contributed by atoms with van der Waals surface area (Å²) in [6.45, 7) is 0. The number of nitrogens with zero attached hydrogens (tertiary/aromatic N) is 2.